The summed E-state index contributed by atoms with van der Waals surface area (Å²) in [4.78, 5) is 8.37. The molecule has 31 heavy (non-hydrogen) atoms. The van der Waals surface area contributed by atoms with Gasteiger partial charge in [0.05, 0.1) is 12.0 Å². The van der Waals surface area contributed by atoms with Crippen molar-refractivity contribution in [3.05, 3.63) is 102 Å². The maximum absolute atomic E-state index is 10.7. The molecule has 0 aliphatic carbocycles. The lowest BCUT2D eigenvalue weighted by Crippen LogP contribution is -2.23. The van der Waals surface area contributed by atoms with Gasteiger partial charge in [-0.05, 0) is 49.7 Å². The van der Waals surface area contributed by atoms with E-state index >= 15 is 0 Å². The maximum Gasteiger partial charge on any atom is 0.131 e. The van der Waals surface area contributed by atoms with Crippen molar-refractivity contribution >= 4 is 0 Å². The van der Waals surface area contributed by atoms with Crippen LogP contribution in [0.15, 0.2) is 79.6 Å². The Labute approximate surface area is 182 Å². The zero-order valence-electron chi connectivity index (χ0n) is 17.4. The van der Waals surface area contributed by atoms with Crippen molar-refractivity contribution < 1.29 is 5.11 Å². The average Bonchev–Trinajstić information content (AvgIpc) is 3.47. The number of nitrogens with one attached hydrogen (secondary N) is 1. The smallest absolute Gasteiger partial charge is 0.131 e. The Balaban J connectivity index is 1.53. The molecular weight excluding hydrogens is 386 g/mol. The molecule has 0 amide bonds. The molecule has 0 aliphatic rings. The maximum atomic E-state index is 10.7. The van der Waals surface area contributed by atoms with E-state index in [4.69, 9.17) is 0 Å². The number of aryl methyl sites for hydroxylation is 2. The molecule has 6 nitrogen and oxygen atoms in total. The standard InChI is InChI=1S/C25H25N5O/c1-20-27-14-17-30(20)24-11-10-23(18-22(24)9-8-21-6-3-2-4-7-21)25(31)28-12-5-15-29-16-13-26-19-29/h2-4,6-7,10-11,13-14,16-19,25,28,31H,5,12,15H2,1H3. The van der Waals surface area contributed by atoms with Crippen LogP contribution in [-0.2, 0) is 6.54 Å². The Hall–Kier alpha value is -3.66. The minimum absolute atomic E-state index is 0.687. The first-order valence-electron chi connectivity index (χ1n) is 10.3. The van der Waals surface area contributed by atoms with Gasteiger partial charge in [-0.1, -0.05) is 36.1 Å². The second kappa shape index (κ2) is 9.90. The Kier molecular flexibility index (Phi) is 6.58. The lowest BCUT2D eigenvalue weighted by Gasteiger charge is -2.16. The van der Waals surface area contributed by atoms with Crippen LogP contribution in [0.2, 0.25) is 0 Å². The minimum Gasteiger partial charge on any atom is -0.374 e. The third-order valence-corrected chi connectivity index (χ3v) is 5.03. The van der Waals surface area contributed by atoms with E-state index < -0.39 is 6.23 Å². The number of hydrogen-bond acceptors (Lipinski definition) is 4. The highest BCUT2D eigenvalue weighted by atomic mass is 16.3. The quantitative estimate of drug-likeness (QED) is 0.278. The fraction of sp³-hybridized carbons (Fsp3) is 0.200. The number of aliphatic hydroxyl groups excluding tert-OH is 1. The van der Waals surface area contributed by atoms with Gasteiger partial charge in [0.1, 0.15) is 12.1 Å². The summed E-state index contributed by atoms with van der Waals surface area (Å²) in [5.74, 6) is 7.38. The van der Waals surface area contributed by atoms with Crippen LogP contribution in [0.3, 0.4) is 0 Å². The molecule has 0 fully saturated rings. The largest absolute Gasteiger partial charge is 0.374 e. The van der Waals surface area contributed by atoms with Crippen LogP contribution < -0.4 is 5.32 Å². The van der Waals surface area contributed by atoms with Gasteiger partial charge in [0.25, 0.3) is 0 Å². The van der Waals surface area contributed by atoms with E-state index in [1.807, 2.05) is 77.0 Å². The molecule has 2 aromatic carbocycles. The summed E-state index contributed by atoms with van der Waals surface area (Å²) in [6.45, 7) is 3.50. The number of hydrogen-bond donors (Lipinski definition) is 2. The van der Waals surface area contributed by atoms with Crippen molar-refractivity contribution in [3.63, 3.8) is 0 Å². The van der Waals surface area contributed by atoms with Gasteiger partial charge >= 0.3 is 0 Å². The van der Waals surface area contributed by atoms with E-state index in [9.17, 15) is 5.11 Å². The first kappa shape index (κ1) is 20.6. The molecule has 0 saturated carbocycles. The van der Waals surface area contributed by atoms with Crippen LogP contribution in [0, 0.1) is 18.8 Å². The third kappa shape index (κ3) is 5.28. The first-order valence-corrected chi connectivity index (χ1v) is 10.3. The summed E-state index contributed by atoms with van der Waals surface area (Å²) in [7, 11) is 0. The van der Waals surface area contributed by atoms with E-state index in [0.717, 1.165) is 41.2 Å². The van der Waals surface area contributed by atoms with Gasteiger partial charge < -0.3 is 14.2 Å². The summed E-state index contributed by atoms with van der Waals surface area (Å²) in [5, 5.41) is 13.8. The van der Waals surface area contributed by atoms with Crippen LogP contribution in [0.1, 0.15) is 35.2 Å². The number of aliphatic hydroxyl groups is 1. The van der Waals surface area contributed by atoms with Crippen molar-refractivity contribution in [2.24, 2.45) is 0 Å². The van der Waals surface area contributed by atoms with Crippen LogP contribution >= 0.6 is 0 Å². The molecule has 4 rings (SSSR count). The molecule has 1 atom stereocenters. The topological polar surface area (TPSA) is 67.9 Å². The summed E-state index contributed by atoms with van der Waals surface area (Å²) in [6, 6.07) is 15.7. The molecular formula is C25H25N5O. The molecule has 6 heteroatoms. The van der Waals surface area contributed by atoms with Crippen LogP contribution in [-0.4, -0.2) is 30.8 Å². The summed E-state index contributed by atoms with van der Waals surface area (Å²) >= 11 is 0. The lowest BCUT2D eigenvalue weighted by molar-refractivity contribution is 0.138. The second-order valence-electron chi connectivity index (χ2n) is 7.25. The van der Waals surface area contributed by atoms with E-state index in [1.54, 1.807) is 18.7 Å². The number of imidazole rings is 2. The molecule has 0 radical (unpaired) electrons. The van der Waals surface area contributed by atoms with Gasteiger partial charge in [-0.2, -0.15) is 0 Å². The number of nitrogens with zero attached hydrogens (tertiary/aromatic N) is 4. The van der Waals surface area contributed by atoms with Gasteiger partial charge in [0, 0.05) is 42.5 Å². The Morgan fingerprint density at radius 3 is 2.68 bits per heavy atom. The van der Waals surface area contributed by atoms with E-state index in [1.165, 1.54) is 0 Å². The fourth-order valence-corrected chi connectivity index (χ4v) is 3.36. The Morgan fingerprint density at radius 2 is 1.94 bits per heavy atom. The molecule has 0 saturated heterocycles. The van der Waals surface area contributed by atoms with Crippen molar-refractivity contribution in [2.75, 3.05) is 6.54 Å². The average molecular weight is 412 g/mol. The van der Waals surface area contributed by atoms with Crippen molar-refractivity contribution in [1.29, 1.82) is 0 Å². The summed E-state index contributed by atoms with van der Waals surface area (Å²) in [5.41, 5.74) is 3.50. The Morgan fingerprint density at radius 1 is 1.06 bits per heavy atom. The van der Waals surface area contributed by atoms with Crippen LogP contribution in [0.5, 0.6) is 0 Å². The van der Waals surface area contributed by atoms with Crippen LogP contribution in [0.25, 0.3) is 5.69 Å². The molecule has 2 aromatic heterocycles. The zero-order valence-corrected chi connectivity index (χ0v) is 17.4. The monoisotopic (exact) mass is 411 g/mol. The van der Waals surface area contributed by atoms with Gasteiger partial charge in [0.15, 0.2) is 0 Å². The number of aromatic nitrogens is 4. The molecule has 0 bridgehead atoms. The van der Waals surface area contributed by atoms with Gasteiger partial charge in [-0.15, -0.1) is 0 Å². The van der Waals surface area contributed by atoms with Crippen LogP contribution in [0.4, 0.5) is 0 Å². The number of benzene rings is 2. The van der Waals surface area contributed by atoms with Gasteiger partial charge in [0.2, 0.25) is 0 Å². The minimum atomic E-state index is -0.766. The van der Waals surface area contributed by atoms with Gasteiger partial charge in [-0.3, -0.25) is 5.32 Å². The van der Waals surface area contributed by atoms with E-state index in [-0.39, 0.29) is 0 Å². The van der Waals surface area contributed by atoms with E-state index in [2.05, 4.69) is 27.1 Å². The summed E-state index contributed by atoms with van der Waals surface area (Å²) in [6.07, 6.45) is 9.31. The zero-order chi connectivity index (χ0) is 21.5. The number of rotatable bonds is 7. The summed E-state index contributed by atoms with van der Waals surface area (Å²) < 4.78 is 4.03. The first-order chi connectivity index (χ1) is 15.2. The lowest BCUT2D eigenvalue weighted by atomic mass is 10.1. The molecule has 0 aliphatic heterocycles. The Bertz CT molecular complexity index is 1170. The fourth-order valence-electron chi connectivity index (χ4n) is 3.36. The highest BCUT2D eigenvalue weighted by Gasteiger charge is 2.12. The molecule has 2 N–H and O–H groups in total. The highest BCUT2D eigenvalue weighted by Crippen LogP contribution is 2.21. The van der Waals surface area contributed by atoms with Crippen molar-refractivity contribution in [2.45, 2.75) is 26.1 Å². The SMILES string of the molecule is Cc1nccn1-c1ccc(C(O)NCCCn2ccnc2)cc1C#Cc1ccccc1. The predicted octanol–water partition coefficient (Wildman–Crippen LogP) is 3.45. The van der Waals surface area contributed by atoms with Crippen molar-refractivity contribution in [1.82, 2.24) is 24.4 Å². The second-order valence-corrected chi connectivity index (χ2v) is 7.25. The third-order valence-electron chi connectivity index (χ3n) is 5.03. The predicted molar refractivity (Wildman–Crippen MR) is 121 cm³/mol. The van der Waals surface area contributed by atoms with Gasteiger partial charge in [-0.25, -0.2) is 9.97 Å². The molecule has 2 heterocycles. The molecule has 0 spiro atoms. The van der Waals surface area contributed by atoms with E-state index in [0.29, 0.717) is 6.54 Å². The van der Waals surface area contributed by atoms with Crippen molar-refractivity contribution in [3.8, 4) is 17.5 Å². The molecule has 1 unspecified atom stereocenters. The molecule has 4 aromatic rings. The normalized spacial score (nSPS) is 11.7. The highest BCUT2D eigenvalue weighted by molar-refractivity contribution is 5.55. The molecule has 156 valence electrons.